The Hall–Kier alpha value is -0.380. The number of hydrogen-bond donors (Lipinski definition) is 3. The number of alkyl halides is 3. The van der Waals surface area contributed by atoms with Gasteiger partial charge in [-0.2, -0.15) is 13.2 Å². The van der Waals surface area contributed by atoms with Gasteiger partial charge in [-0.1, -0.05) is 6.92 Å². The number of hydrogen-bond acceptors (Lipinski definition) is 4. The molecule has 0 fully saturated rings. The largest absolute Gasteiger partial charge is 0.394 e. The standard InChI is InChI=1S/C9H18F3NO4S/c1-2-8(6-14,7-15)13-18(16,17)5-3-4-9(10,11)12/h13-15H,2-7H2,1H3. The molecule has 3 N–H and O–H groups in total. The smallest absolute Gasteiger partial charge is 0.389 e. The summed E-state index contributed by atoms with van der Waals surface area (Å²) < 4.78 is 60.7. The highest BCUT2D eigenvalue weighted by Crippen LogP contribution is 2.21. The Morgan fingerprint density at radius 1 is 1.17 bits per heavy atom. The van der Waals surface area contributed by atoms with Gasteiger partial charge in [0.2, 0.25) is 10.0 Å². The van der Waals surface area contributed by atoms with Gasteiger partial charge in [0.15, 0.2) is 0 Å². The summed E-state index contributed by atoms with van der Waals surface area (Å²) in [6, 6.07) is 0. The molecule has 0 spiro atoms. The monoisotopic (exact) mass is 293 g/mol. The van der Waals surface area contributed by atoms with Crippen LogP contribution in [0.3, 0.4) is 0 Å². The lowest BCUT2D eigenvalue weighted by atomic mass is 10.0. The van der Waals surface area contributed by atoms with Crippen LogP contribution in [-0.2, 0) is 10.0 Å². The molecule has 0 aliphatic carbocycles. The summed E-state index contributed by atoms with van der Waals surface area (Å²) in [6.07, 6.45) is -6.02. The van der Waals surface area contributed by atoms with Crippen molar-refractivity contribution in [3.63, 3.8) is 0 Å². The fraction of sp³-hybridized carbons (Fsp3) is 1.00. The molecule has 0 unspecified atom stereocenters. The lowest BCUT2D eigenvalue weighted by molar-refractivity contribution is -0.134. The quantitative estimate of drug-likeness (QED) is 0.604. The molecule has 18 heavy (non-hydrogen) atoms. The summed E-state index contributed by atoms with van der Waals surface area (Å²) >= 11 is 0. The van der Waals surface area contributed by atoms with Crippen LogP contribution in [-0.4, -0.2) is 49.3 Å². The van der Waals surface area contributed by atoms with Crippen LogP contribution in [0.25, 0.3) is 0 Å². The lowest BCUT2D eigenvalue weighted by Gasteiger charge is -2.29. The summed E-state index contributed by atoms with van der Waals surface area (Å²) in [7, 11) is -3.97. The number of sulfonamides is 1. The fourth-order valence-corrected chi connectivity index (χ4v) is 2.81. The first-order valence-corrected chi connectivity index (χ1v) is 7.05. The molecule has 5 nitrogen and oxygen atoms in total. The molecule has 0 aliphatic rings. The van der Waals surface area contributed by atoms with Gasteiger partial charge in [0, 0.05) is 6.42 Å². The van der Waals surface area contributed by atoms with Gasteiger partial charge in [0.1, 0.15) is 0 Å². The second kappa shape index (κ2) is 6.69. The van der Waals surface area contributed by atoms with Gasteiger partial charge in [-0.05, 0) is 12.8 Å². The van der Waals surface area contributed by atoms with Crippen LogP contribution in [0.15, 0.2) is 0 Å². The topological polar surface area (TPSA) is 86.6 Å². The van der Waals surface area contributed by atoms with Crippen LogP contribution in [0.4, 0.5) is 13.2 Å². The average Bonchev–Trinajstić information content (AvgIpc) is 2.24. The Morgan fingerprint density at radius 2 is 1.67 bits per heavy atom. The van der Waals surface area contributed by atoms with Crippen molar-refractivity contribution in [3.8, 4) is 0 Å². The summed E-state index contributed by atoms with van der Waals surface area (Å²) in [6.45, 7) is 0.293. The molecule has 0 rings (SSSR count). The number of aliphatic hydroxyl groups is 2. The molecule has 0 aromatic rings. The van der Waals surface area contributed by atoms with Gasteiger partial charge < -0.3 is 10.2 Å². The second-order valence-electron chi connectivity index (χ2n) is 4.09. The van der Waals surface area contributed by atoms with Gasteiger partial charge in [0.25, 0.3) is 0 Å². The van der Waals surface area contributed by atoms with E-state index in [1.807, 2.05) is 4.72 Å². The molecule has 0 saturated carbocycles. The molecule has 0 aromatic heterocycles. The van der Waals surface area contributed by atoms with Crippen molar-refractivity contribution >= 4 is 10.0 Å². The average molecular weight is 293 g/mol. The minimum Gasteiger partial charge on any atom is -0.394 e. The summed E-state index contributed by atoms with van der Waals surface area (Å²) in [5, 5.41) is 18.1. The summed E-state index contributed by atoms with van der Waals surface area (Å²) in [4.78, 5) is 0. The van der Waals surface area contributed by atoms with E-state index in [0.717, 1.165) is 0 Å². The first-order valence-electron chi connectivity index (χ1n) is 5.40. The molecule has 0 saturated heterocycles. The first-order chi connectivity index (χ1) is 8.10. The van der Waals surface area contributed by atoms with Crippen molar-refractivity contribution in [2.24, 2.45) is 0 Å². The molecular weight excluding hydrogens is 275 g/mol. The predicted octanol–water partition coefficient (Wildman–Crippen LogP) is 0.382. The van der Waals surface area contributed by atoms with E-state index < -0.39 is 53.5 Å². The highest BCUT2D eigenvalue weighted by Gasteiger charge is 2.33. The third-order valence-corrected chi connectivity index (χ3v) is 4.10. The molecule has 0 atom stereocenters. The SMILES string of the molecule is CCC(CO)(CO)NS(=O)(=O)CCCC(F)(F)F. The maximum atomic E-state index is 11.9. The molecule has 110 valence electrons. The predicted molar refractivity (Wildman–Crippen MR) is 59.4 cm³/mol. The molecule has 0 amide bonds. The van der Waals surface area contributed by atoms with Crippen molar-refractivity contribution in [1.82, 2.24) is 4.72 Å². The van der Waals surface area contributed by atoms with Gasteiger partial charge in [0.05, 0.1) is 24.5 Å². The van der Waals surface area contributed by atoms with Crippen LogP contribution < -0.4 is 4.72 Å². The number of aliphatic hydroxyl groups excluding tert-OH is 2. The van der Waals surface area contributed by atoms with Gasteiger partial charge in [-0.25, -0.2) is 13.1 Å². The third-order valence-electron chi connectivity index (χ3n) is 2.53. The minimum atomic E-state index is -4.40. The van der Waals surface area contributed by atoms with Crippen molar-refractivity contribution in [1.29, 1.82) is 0 Å². The van der Waals surface area contributed by atoms with Crippen molar-refractivity contribution in [2.75, 3.05) is 19.0 Å². The highest BCUT2D eigenvalue weighted by atomic mass is 32.2. The van der Waals surface area contributed by atoms with E-state index in [1.165, 1.54) is 0 Å². The molecule has 0 radical (unpaired) electrons. The fourth-order valence-electron chi connectivity index (χ4n) is 1.25. The summed E-state index contributed by atoms with van der Waals surface area (Å²) in [5.41, 5.74) is -1.42. The summed E-state index contributed by atoms with van der Waals surface area (Å²) in [5.74, 6) is -0.700. The Balaban J connectivity index is 4.47. The zero-order chi connectivity index (χ0) is 14.4. The second-order valence-corrected chi connectivity index (χ2v) is 5.93. The zero-order valence-electron chi connectivity index (χ0n) is 10.00. The van der Waals surface area contributed by atoms with Crippen molar-refractivity contribution in [3.05, 3.63) is 0 Å². The van der Waals surface area contributed by atoms with Gasteiger partial charge >= 0.3 is 6.18 Å². The van der Waals surface area contributed by atoms with Crippen LogP contribution in [0.2, 0.25) is 0 Å². The van der Waals surface area contributed by atoms with E-state index in [-0.39, 0.29) is 6.42 Å². The molecule has 0 aromatic carbocycles. The lowest BCUT2D eigenvalue weighted by Crippen LogP contribution is -2.54. The number of halogens is 3. The number of nitrogens with one attached hydrogen (secondary N) is 1. The van der Waals surface area contributed by atoms with E-state index in [2.05, 4.69) is 0 Å². The molecular formula is C9H18F3NO4S. The molecule has 0 aliphatic heterocycles. The zero-order valence-corrected chi connectivity index (χ0v) is 10.8. The van der Waals surface area contributed by atoms with Crippen molar-refractivity contribution < 1.29 is 31.8 Å². The minimum absolute atomic E-state index is 0.124. The maximum Gasteiger partial charge on any atom is 0.389 e. The Labute approximate surface area is 104 Å². The number of rotatable bonds is 8. The van der Waals surface area contributed by atoms with Crippen LogP contribution >= 0.6 is 0 Å². The van der Waals surface area contributed by atoms with Crippen LogP contribution in [0, 0.1) is 0 Å². The Morgan fingerprint density at radius 3 is 2.00 bits per heavy atom. The van der Waals surface area contributed by atoms with Crippen molar-refractivity contribution in [2.45, 2.75) is 37.9 Å². The van der Waals surface area contributed by atoms with E-state index in [9.17, 15) is 21.6 Å². The van der Waals surface area contributed by atoms with Crippen LogP contribution in [0.5, 0.6) is 0 Å². The van der Waals surface area contributed by atoms with E-state index in [1.54, 1.807) is 6.92 Å². The Bertz CT molecular complexity index is 330. The van der Waals surface area contributed by atoms with Gasteiger partial charge in [-0.15, -0.1) is 0 Å². The highest BCUT2D eigenvalue weighted by molar-refractivity contribution is 7.89. The normalized spacial score (nSPS) is 13.9. The van der Waals surface area contributed by atoms with Gasteiger partial charge in [-0.3, -0.25) is 0 Å². The molecule has 0 heterocycles. The Kier molecular flexibility index (Phi) is 6.55. The van der Waals surface area contributed by atoms with E-state index in [4.69, 9.17) is 10.2 Å². The molecule has 9 heteroatoms. The van der Waals surface area contributed by atoms with Crippen LogP contribution in [0.1, 0.15) is 26.2 Å². The third kappa shape index (κ3) is 6.53. The van der Waals surface area contributed by atoms with E-state index in [0.29, 0.717) is 0 Å². The molecule has 0 bridgehead atoms. The first kappa shape index (κ1) is 17.6. The van der Waals surface area contributed by atoms with E-state index >= 15 is 0 Å². The maximum absolute atomic E-state index is 11.9.